The van der Waals surface area contributed by atoms with E-state index < -0.39 is 0 Å². The van der Waals surface area contributed by atoms with Crippen LogP contribution in [0.5, 0.6) is 0 Å². The highest BCUT2D eigenvalue weighted by molar-refractivity contribution is 5.73. The van der Waals surface area contributed by atoms with Crippen molar-refractivity contribution in [2.24, 2.45) is 7.05 Å². The Morgan fingerprint density at radius 2 is 2.08 bits per heavy atom. The van der Waals surface area contributed by atoms with Crippen LogP contribution in [-0.4, -0.2) is 51.0 Å². The van der Waals surface area contributed by atoms with E-state index >= 15 is 0 Å². The molecule has 1 unspecified atom stereocenters. The highest BCUT2D eigenvalue weighted by atomic mass is 16.2. The minimum Gasteiger partial charge on any atom is -0.341 e. The van der Waals surface area contributed by atoms with Crippen molar-refractivity contribution in [3.63, 3.8) is 0 Å². The van der Waals surface area contributed by atoms with Crippen LogP contribution in [0, 0.1) is 0 Å². The van der Waals surface area contributed by atoms with Crippen molar-refractivity contribution in [2.45, 2.75) is 26.3 Å². The second kappa shape index (κ2) is 7.04. The number of anilines is 1. The van der Waals surface area contributed by atoms with E-state index in [9.17, 15) is 9.59 Å². The van der Waals surface area contributed by atoms with Crippen LogP contribution >= 0.6 is 0 Å². The van der Waals surface area contributed by atoms with Gasteiger partial charge in [-0.25, -0.2) is 4.98 Å². The number of pyridine rings is 1. The molecular formula is C18H23N5O2. The first kappa shape index (κ1) is 17.1. The van der Waals surface area contributed by atoms with Gasteiger partial charge in [-0.05, 0) is 25.5 Å². The zero-order valence-electron chi connectivity index (χ0n) is 14.8. The molecule has 0 spiro atoms. The standard InChI is InChI=1S/C18H23N5O2/c1-4-23(15-7-10-22(12-15)13(2)24)18-20-16(11-17(25)21(18)3)14-5-8-19-9-6-14/h5-6,8-9,11,15H,4,7,10,12H2,1-3H3. The van der Waals surface area contributed by atoms with Gasteiger partial charge < -0.3 is 9.80 Å². The number of hydrogen-bond acceptors (Lipinski definition) is 5. The van der Waals surface area contributed by atoms with Gasteiger partial charge in [-0.2, -0.15) is 0 Å². The Balaban J connectivity index is 1.98. The summed E-state index contributed by atoms with van der Waals surface area (Å²) in [6.07, 6.45) is 4.25. The van der Waals surface area contributed by atoms with E-state index in [0.717, 1.165) is 25.1 Å². The number of likely N-dealkylation sites (N-methyl/N-ethyl adjacent to an activating group) is 1. The van der Waals surface area contributed by atoms with Crippen molar-refractivity contribution in [1.82, 2.24) is 19.4 Å². The summed E-state index contributed by atoms with van der Waals surface area (Å²) in [6.45, 7) is 5.77. The number of amides is 1. The highest BCUT2D eigenvalue weighted by Gasteiger charge is 2.30. The summed E-state index contributed by atoms with van der Waals surface area (Å²) in [5.41, 5.74) is 1.40. The van der Waals surface area contributed by atoms with E-state index in [-0.39, 0.29) is 17.5 Å². The van der Waals surface area contributed by atoms with Crippen LogP contribution in [0.1, 0.15) is 20.3 Å². The van der Waals surface area contributed by atoms with Crippen LogP contribution in [-0.2, 0) is 11.8 Å². The Morgan fingerprint density at radius 1 is 1.36 bits per heavy atom. The van der Waals surface area contributed by atoms with E-state index in [1.807, 2.05) is 24.0 Å². The van der Waals surface area contributed by atoms with Crippen LogP contribution in [0.4, 0.5) is 5.95 Å². The predicted octanol–water partition coefficient (Wildman–Crippen LogP) is 1.29. The average molecular weight is 341 g/mol. The fourth-order valence-electron chi connectivity index (χ4n) is 3.30. The van der Waals surface area contributed by atoms with Crippen molar-refractivity contribution in [2.75, 3.05) is 24.5 Å². The molecule has 1 aliphatic heterocycles. The Kier molecular flexibility index (Phi) is 4.83. The molecule has 0 bridgehead atoms. The number of carbonyl (C=O) groups excluding carboxylic acids is 1. The molecule has 1 saturated heterocycles. The monoisotopic (exact) mass is 341 g/mol. The summed E-state index contributed by atoms with van der Waals surface area (Å²) >= 11 is 0. The molecule has 0 saturated carbocycles. The first-order chi connectivity index (χ1) is 12.0. The van der Waals surface area contributed by atoms with Crippen LogP contribution in [0.2, 0.25) is 0 Å². The molecule has 132 valence electrons. The number of carbonyl (C=O) groups is 1. The first-order valence-corrected chi connectivity index (χ1v) is 8.52. The topological polar surface area (TPSA) is 71.3 Å². The van der Waals surface area contributed by atoms with Crippen molar-refractivity contribution < 1.29 is 4.79 Å². The minimum absolute atomic E-state index is 0.0888. The van der Waals surface area contributed by atoms with Gasteiger partial charge in [-0.3, -0.25) is 19.1 Å². The van der Waals surface area contributed by atoms with Crippen LogP contribution in [0.25, 0.3) is 11.3 Å². The Morgan fingerprint density at radius 3 is 2.68 bits per heavy atom. The Labute approximate surface area is 146 Å². The summed E-state index contributed by atoms with van der Waals surface area (Å²) in [4.78, 5) is 36.8. The summed E-state index contributed by atoms with van der Waals surface area (Å²) in [7, 11) is 1.74. The molecule has 0 aliphatic carbocycles. The average Bonchev–Trinajstić information content (AvgIpc) is 3.10. The molecule has 2 aromatic heterocycles. The van der Waals surface area contributed by atoms with Gasteiger partial charge >= 0.3 is 0 Å². The zero-order chi connectivity index (χ0) is 18.0. The molecular weight excluding hydrogens is 318 g/mol. The van der Waals surface area contributed by atoms with Gasteiger partial charge in [-0.1, -0.05) is 0 Å². The summed E-state index contributed by atoms with van der Waals surface area (Å²) < 4.78 is 1.57. The SMILES string of the molecule is CCN(c1nc(-c2ccncc2)cc(=O)n1C)C1CCN(C(C)=O)C1. The second-order valence-electron chi connectivity index (χ2n) is 6.27. The molecule has 7 heteroatoms. The van der Waals surface area contributed by atoms with E-state index in [1.165, 1.54) is 0 Å². The van der Waals surface area contributed by atoms with E-state index in [1.54, 1.807) is 37.0 Å². The lowest BCUT2D eigenvalue weighted by molar-refractivity contribution is -0.127. The van der Waals surface area contributed by atoms with E-state index in [0.29, 0.717) is 18.2 Å². The lowest BCUT2D eigenvalue weighted by atomic mass is 10.2. The summed E-state index contributed by atoms with van der Waals surface area (Å²) in [6, 6.07) is 5.40. The fraction of sp³-hybridized carbons (Fsp3) is 0.444. The van der Waals surface area contributed by atoms with Crippen molar-refractivity contribution in [3.05, 3.63) is 40.9 Å². The third-order valence-electron chi connectivity index (χ3n) is 4.73. The lowest BCUT2D eigenvalue weighted by Crippen LogP contribution is -2.41. The number of rotatable bonds is 4. The van der Waals surface area contributed by atoms with Gasteiger partial charge in [0.1, 0.15) is 0 Å². The molecule has 2 aromatic rings. The van der Waals surface area contributed by atoms with Crippen LogP contribution < -0.4 is 10.5 Å². The highest BCUT2D eigenvalue weighted by Crippen LogP contribution is 2.23. The van der Waals surface area contributed by atoms with Crippen LogP contribution in [0.3, 0.4) is 0 Å². The molecule has 3 heterocycles. The second-order valence-corrected chi connectivity index (χ2v) is 6.27. The van der Waals surface area contributed by atoms with Gasteiger partial charge in [0.25, 0.3) is 5.56 Å². The number of hydrogen-bond donors (Lipinski definition) is 0. The zero-order valence-corrected chi connectivity index (χ0v) is 14.8. The predicted molar refractivity (Wildman–Crippen MR) is 96.4 cm³/mol. The van der Waals surface area contributed by atoms with Crippen molar-refractivity contribution in [1.29, 1.82) is 0 Å². The molecule has 1 atom stereocenters. The lowest BCUT2D eigenvalue weighted by Gasteiger charge is -2.30. The minimum atomic E-state index is -0.100. The maximum Gasteiger partial charge on any atom is 0.255 e. The summed E-state index contributed by atoms with van der Waals surface area (Å²) in [5.74, 6) is 0.725. The van der Waals surface area contributed by atoms with Crippen molar-refractivity contribution in [3.8, 4) is 11.3 Å². The van der Waals surface area contributed by atoms with Crippen LogP contribution in [0.15, 0.2) is 35.4 Å². The molecule has 0 N–H and O–H groups in total. The first-order valence-electron chi connectivity index (χ1n) is 8.52. The smallest absolute Gasteiger partial charge is 0.255 e. The van der Waals surface area contributed by atoms with E-state index in [2.05, 4.69) is 9.88 Å². The number of aromatic nitrogens is 3. The molecule has 25 heavy (non-hydrogen) atoms. The third-order valence-corrected chi connectivity index (χ3v) is 4.73. The largest absolute Gasteiger partial charge is 0.341 e. The number of nitrogens with zero attached hydrogens (tertiary/aromatic N) is 5. The van der Waals surface area contributed by atoms with Gasteiger partial charge in [-0.15, -0.1) is 0 Å². The van der Waals surface area contributed by atoms with E-state index in [4.69, 9.17) is 4.98 Å². The molecule has 0 aromatic carbocycles. The fourth-order valence-corrected chi connectivity index (χ4v) is 3.30. The normalized spacial score (nSPS) is 16.9. The number of likely N-dealkylation sites (tertiary alicyclic amines) is 1. The van der Waals surface area contributed by atoms with Gasteiger partial charge in [0, 0.05) is 57.6 Å². The molecule has 0 radical (unpaired) electrons. The summed E-state index contributed by atoms with van der Waals surface area (Å²) in [5, 5.41) is 0. The molecule has 1 amide bonds. The molecule has 1 aliphatic rings. The molecule has 7 nitrogen and oxygen atoms in total. The third kappa shape index (κ3) is 3.40. The maximum atomic E-state index is 12.5. The Hall–Kier alpha value is -2.70. The molecule has 3 rings (SSSR count). The quantitative estimate of drug-likeness (QED) is 0.838. The Bertz CT molecular complexity index is 818. The van der Waals surface area contributed by atoms with Gasteiger partial charge in [0.15, 0.2) is 0 Å². The van der Waals surface area contributed by atoms with Gasteiger partial charge in [0.05, 0.1) is 11.7 Å². The molecule has 1 fully saturated rings. The maximum absolute atomic E-state index is 12.5. The van der Waals surface area contributed by atoms with Crippen molar-refractivity contribution >= 4 is 11.9 Å². The van der Waals surface area contributed by atoms with Gasteiger partial charge in [0.2, 0.25) is 11.9 Å².